The van der Waals surface area contributed by atoms with E-state index in [4.69, 9.17) is 4.74 Å². The van der Waals surface area contributed by atoms with Crippen LogP contribution < -0.4 is 14.2 Å². The van der Waals surface area contributed by atoms with Gasteiger partial charge in [-0.05, 0) is 62.7 Å². The van der Waals surface area contributed by atoms with Gasteiger partial charge in [-0.25, -0.2) is 0 Å². The predicted molar refractivity (Wildman–Crippen MR) is 118 cm³/mol. The molecule has 0 saturated heterocycles. The van der Waals surface area contributed by atoms with Crippen molar-refractivity contribution in [3.63, 3.8) is 0 Å². The average molecular weight is 372 g/mol. The molecule has 0 saturated carbocycles. The molecule has 0 unspecified atom stereocenters. The Hall–Kier alpha value is -3.07. The first-order valence-electron chi connectivity index (χ1n) is 9.94. The summed E-state index contributed by atoms with van der Waals surface area (Å²) < 4.78 is 7.88. The number of rotatable bonds is 4. The molecule has 0 spiro atoms. The molecular formula is C25H27N2O+. The van der Waals surface area contributed by atoms with Gasteiger partial charge >= 0.3 is 0 Å². The molecule has 2 heterocycles. The minimum atomic E-state index is 0.683. The first-order valence-corrected chi connectivity index (χ1v) is 9.94. The number of benzene rings is 2. The molecule has 142 valence electrons. The molecule has 2 aromatic carbocycles. The molecule has 0 atom stereocenters. The van der Waals surface area contributed by atoms with E-state index in [9.17, 15) is 0 Å². The van der Waals surface area contributed by atoms with E-state index in [0.717, 1.165) is 12.3 Å². The Labute approximate surface area is 167 Å². The summed E-state index contributed by atoms with van der Waals surface area (Å²) in [4.78, 5) is 2.37. The van der Waals surface area contributed by atoms with Crippen LogP contribution in [-0.4, -0.2) is 13.2 Å². The van der Waals surface area contributed by atoms with Gasteiger partial charge < -0.3 is 9.64 Å². The van der Waals surface area contributed by atoms with Crippen LogP contribution in [0.3, 0.4) is 0 Å². The average Bonchev–Trinajstić information content (AvgIpc) is 2.70. The number of hydrogen-bond donors (Lipinski definition) is 0. The lowest BCUT2D eigenvalue weighted by Crippen LogP contribution is -2.33. The van der Waals surface area contributed by atoms with Gasteiger partial charge in [0.15, 0.2) is 0 Å². The first kappa shape index (κ1) is 18.3. The molecule has 0 radical (unpaired) electrons. The van der Waals surface area contributed by atoms with E-state index in [0.29, 0.717) is 6.61 Å². The fourth-order valence-corrected chi connectivity index (χ4v) is 3.89. The SMILES string of the molecule is CCOc1ccc2c(ccc(C=C3C=Cc4cc(C)ccc4N3CC)[n+]2C)c1. The number of anilines is 1. The van der Waals surface area contributed by atoms with Gasteiger partial charge in [0.1, 0.15) is 12.8 Å². The number of nitrogens with zero attached hydrogens (tertiary/aromatic N) is 2. The number of likely N-dealkylation sites (N-methyl/N-ethyl adjacent to an activating group) is 1. The Kier molecular flexibility index (Phi) is 4.91. The van der Waals surface area contributed by atoms with Crippen LogP contribution in [0.25, 0.3) is 23.1 Å². The zero-order chi connectivity index (χ0) is 19.7. The van der Waals surface area contributed by atoms with E-state index in [1.165, 1.54) is 39.1 Å². The number of ether oxygens (including phenoxy) is 1. The lowest BCUT2D eigenvalue weighted by atomic mass is 10.0. The molecule has 1 aromatic heterocycles. The molecule has 3 heteroatoms. The summed E-state index contributed by atoms with van der Waals surface area (Å²) in [6.45, 7) is 7.97. The van der Waals surface area contributed by atoms with Gasteiger partial charge in [-0.2, -0.15) is 4.57 Å². The minimum Gasteiger partial charge on any atom is -0.494 e. The summed E-state index contributed by atoms with van der Waals surface area (Å²) in [5.41, 5.74) is 7.41. The van der Waals surface area contributed by atoms with Gasteiger partial charge in [-0.3, -0.25) is 0 Å². The minimum absolute atomic E-state index is 0.683. The van der Waals surface area contributed by atoms with Crippen LogP contribution in [0.5, 0.6) is 5.75 Å². The summed E-state index contributed by atoms with van der Waals surface area (Å²) in [6.07, 6.45) is 6.70. The van der Waals surface area contributed by atoms with E-state index in [2.05, 4.69) is 91.1 Å². The van der Waals surface area contributed by atoms with Crippen LogP contribution in [0.2, 0.25) is 0 Å². The van der Waals surface area contributed by atoms with Gasteiger partial charge in [0.25, 0.3) is 0 Å². The highest BCUT2D eigenvalue weighted by molar-refractivity contribution is 5.81. The number of aromatic nitrogens is 1. The molecule has 3 aromatic rings. The van der Waals surface area contributed by atoms with Gasteiger partial charge in [0, 0.05) is 36.1 Å². The number of allylic oxidation sites excluding steroid dienone is 1. The topological polar surface area (TPSA) is 16.4 Å². The monoisotopic (exact) mass is 371 g/mol. The molecule has 0 fully saturated rings. The Balaban J connectivity index is 1.76. The standard InChI is InChI=1S/C25H27N2O/c1-5-27-22(11-9-19-15-18(3)7-13-25(19)27)17-21-10-8-20-16-23(28-6-2)12-14-24(20)26(21)4/h7-17H,5-6H2,1-4H3/q+1. The quantitative estimate of drug-likeness (QED) is 0.581. The predicted octanol–water partition coefficient (Wildman–Crippen LogP) is 5.27. The highest BCUT2D eigenvalue weighted by Crippen LogP contribution is 2.32. The third-order valence-corrected chi connectivity index (χ3v) is 5.32. The summed E-state index contributed by atoms with van der Waals surface area (Å²) in [6, 6.07) is 17.3. The van der Waals surface area contributed by atoms with Gasteiger partial charge in [-0.1, -0.05) is 17.7 Å². The van der Waals surface area contributed by atoms with Crippen molar-refractivity contribution in [3.8, 4) is 5.75 Å². The largest absolute Gasteiger partial charge is 0.494 e. The summed E-state index contributed by atoms with van der Waals surface area (Å²) >= 11 is 0. The molecule has 0 bridgehead atoms. The zero-order valence-electron chi connectivity index (χ0n) is 17.1. The van der Waals surface area contributed by atoms with E-state index in [1.54, 1.807) is 0 Å². The Morgan fingerprint density at radius 2 is 1.86 bits per heavy atom. The van der Waals surface area contributed by atoms with Crippen molar-refractivity contribution >= 4 is 28.7 Å². The van der Waals surface area contributed by atoms with Crippen LogP contribution in [0, 0.1) is 6.92 Å². The summed E-state index contributed by atoms with van der Waals surface area (Å²) in [5.74, 6) is 0.917. The number of pyridine rings is 1. The maximum absolute atomic E-state index is 5.64. The molecule has 3 nitrogen and oxygen atoms in total. The van der Waals surface area contributed by atoms with Crippen molar-refractivity contribution < 1.29 is 9.30 Å². The van der Waals surface area contributed by atoms with Crippen LogP contribution >= 0.6 is 0 Å². The lowest BCUT2D eigenvalue weighted by molar-refractivity contribution is -0.646. The van der Waals surface area contributed by atoms with Crippen molar-refractivity contribution in [3.05, 3.63) is 77.1 Å². The number of hydrogen-bond acceptors (Lipinski definition) is 2. The molecule has 0 N–H and O–H groups in total. The second-order valence-corrected chi connectivity index (χ2v) is 7.18. The highest BCUT2D eigenvalue weighted by atomic mass is 16.5. The smallest absolute Gasteiger partial charge is 0.212 e. The van der Waals surface area contributed by atoms with Gasteiger partial charge in [0.05, 0.1) is 12.0 Å². The van der Waals surface area contributed by atoms with E-state index in [1.807, 2.05) is 13.0 Å². The fraction of sp³-hybridized carbons (Fsp3) is 0.240. The van der Waals surface area contributed by atoms with Crippen molar-refractivity contribution in [1.29, 1.82) is 0 Å². The van der Waals surface area contributed by atoms with Crippen LogP contribution in [-0.2, 0) is 7.05 Å². The third kappa shape index (κ3) is 3.29. The fourth-order valence-electron chi connectivity index (χ4n) is 3.89. The Bertz CT molecular complexity index is 1100. The van der Waals surface area contributed by atoms with E-state index < -0.39 is 0 Å². The van der Waals surface area contributed by atoms with Crippen molar-refractivity contribution in [2.24, 2.45) is 7.05 Å². The van der Waals surface area contributed by atoms with Crippen LogP contribution in [0.15, 0.2) is 60.3 Å². The molecule has 1 aliphatic heterocycles. The summed E-state index contributed by atoms with van der Waals surface area (Å²) in [7, 11) is 2.12. The second-order valence-electron chi connectivity index (χ2n) is 7.18. The molecule has 28 heavy (non-hydrogen) atoms. The van der Waals surface area contributed by atoms with Crippen molar-refractivity contribution in [2.45, 2.75) is 20.8 Å². The van der Waals surface area contributed by atoms with Gasteiger partial charge in [0.2, 0.25) is 11.2 Å². The Morgan fingerprint density at radius 3 is 2.64 bits per heavy atom. The third-order valence-electron chi connectivity index (χ3n) is 5.32. The molecular weight excluding hydrogens is 344 g/mol. The molecule has 4 rings (SSSR count). The van der Waals surface area contributed by atoms with Crippen LogP contribution in [0.4, 0.5) is 5.69 Å². The first-order chi connectivity index (χ1) is 13.6. The molecule has 0 amide bonds. The zero-order valence-corrected chi connectivity index (χ0v) is 17.1. The molecule has 1 aliphatic rings. The molecule has 0 aliphatic carbocycles. The van der Waals surface area contributed by atoms with E-state index in [-0.39, 0.29) is 0 Å². The maximum Gasteiger partial charge on any atom is 0.212 e. The van der Waals surface area contributed by atoms with Crippen molar-refractivity contribution in [1.82, 2.24) is 0 Å². The lowest BCUT2D eigenvalue weighted by Gasteiger charge is -2.29. The summed E-state index contributed by atoms with van der Waals surface area (Å²) in [5, 5.41) is 1.18. The second kappa shape index (κ2) is 7.51. The number of aryl methyl sites for hydroxylation is 2. The van der Waals surface area contributed by atoms with E-state index >= 15 is 0 Å². The normalized spacial score (nSPS) is 14.6. The highest BCUT2D eigenvalue weighted by Gasteiger charge is 2.18. The van der Waals surface area contributed by atoms with Gasteiger partial charge in [-0.15, -0.1) is 0 Å². The van der Waals surface area contributed by atoms with Crippen LogP contribution in [0.1, 0.15) is 30.7 Å². The Morgan fingerprint density at radius 1 is 1.00 bits per heavy atom. The van der Waals surface area contributed by atoms with Crippen molar-refractivity contribution in [2.75, 3.05) is 18.1 Å². The maximum atomic E-state index is 5.64. The number of fused-ring (bicyclic) bond motifs is 2.